The zero-order valence-corrected chi connectivity index (χ0v) is 17.0. The third-order valence-electron chi connectivity index (χ3n) is 4.92. The minimum atomic E-state index is -3.94. The van der Waals surface area contributed by atoms with Crippen molar-refractivity contribution < 1.29 is 8.42 Å². The Kier molecular flexibility index (Phi) is 6.73. The molecule has 7 nitrogen and oxygen atoms in total. The van der Waals surface area contributed by atoms with Gasteiger partial charge in [0.1, 0.15) is 4.90 Å². The average Bonchev–Trinajstić information content (AvgIpc) is 3.15. The summed E-state index contributed by atoms with van der Waals surface area (Å²) >= 11 is 6.08. The van der Waals surface area contributed by atoms with E-state index >= 15 is 0 Å². The van der Waals surface area contributed by atoms with Gasteiger partial charge in [0.15, 0.2) is 0 Å². The fourth-order valence-corrected chi connectivity index (χ4v) is 4.65. The number of sulfonamides is 1. The van der Waals surface area contributed by atoms with E-state index in [0.717, 1.165) is 32.4 Å². The highest BCUT2D eigenvalue weighted by Crippen LogP contribution is 2.23. The van der Waals surface area contributed by atoms with Crippen molar-refractivity contribution in [3.05, 3.63) is 29.3 Å². The summed E-state index contributed by atoms with van der Waals surface area (Å²) in [6, 6.07) is 6.34. The van der Waals surface area contributed by atoms with Crippen molar-refractivity contribution in [2.75, 3.05) is 26.2 Å². The highest BCUT2D eigenvalue weighted by molar-refractivity contribution is 7.90. The summed E-state index contributed by atoms with van der Waals surface area (Å²) in [6.45, 7) is 5.33. The van der Waals surface area contributed by atoms with Crippen LogP contribution in [0, 0.1) is 11.8 Å². The molecule has 2 aliphatic heterocycles. The van der Waals surface area contributed by atoms with E-state index in [4.69, 9.17) is 11.6 Å². The summed E-state index contributed by atoms with van der Waals surface area (Å²) in [7, 11) is -3.94. The maximum Gasteiger partial charge on any atom is 0.287 e. The van der Waals surface area contributed by atoms with Crippen LogP contribution in [0.3, 0.4) is 0 Å². The smallest absolute Gasteiger partial charge is 0.287 e. The van der Waals surface area contributed by atoms with Gasteiger partial charge in [0.2, 0.25) is 5.96 Å². The van der Waals surface area contributed by atoms with Crippen LogP contribution >= 0.6 is 11.6 Å². The minimum absolute atomic E-state index is 0.00283. The third kappa shape index (κ3) is 5.21. The number of benzene rings is 1. The molecule has 1 fully saturated rings. The van der Waals surface area contributed by atoms with Crippen LogP contribution in [0.4, 0.5) is 0 Å². The summed E-state index contributed by atoms with van der Waals surface area (Å²) in [6.07, 6.45) is 4.90. The predicted molar refractivity (Wildman–Crippen MR) is 109 cm³/mol. The van der Waals surface area contributed by atoms with Gasteiger partial charge >= 0.3 is 0 Å². The van der Waals surface area contributed by atoms with Gasteiger partial charge < -0.3 is 10.6 Å². The van der Waals surface area contributed by atoms with E-state index in [1.807, 2.05) is 6.21 Å². The first kappa shape index (κ1) is 20.1. The van der Waals surface area contributed by atoms with Crippen LogP contribution in [0.25, 0.3) is 0 Å². The number of piperidine rings is 1. The van der Waals surface area contributed by atoms with E-state index in [9.17, 15) is 8.42 Å². The highest BCUT2D eigenvalue weighted by atomic mass is 35.5. The normalized spacial score (nSPS) is 21.6. The Hall–Kier alpha value is -1.64. The molecule has 1 aromatic rings. The zero-order chi connectivity index (χ0) is 19.3. The zero-order valence-electron chi connectivity index (χ0n) is 15.4. The fourth-order valence-electron chi connectivity index (χ4n) is 3.18. The van der Waals surface area contributed by atoms with E-state index in [1.54, 1.807) is 23.2 Å². The first-order valence-corrected chi connectivity index (χ1v) is 11.2. The van der Waals surface area contributed by atoms with Gasteiger partial charge in [-0.05, 0) is 50.4 Å². The first-order valence-electron chi connectivity index (χ1n) is 9.35. The Bertz CT molecular complexity index is 806. The summed E-state index contributed by atoms with van der Waals surface area (Å²) in [5, 5.41) is 12.7. The minimum Gasteiger partial charge on any atom is -0.354 e. The molecule has 148 valence electrons. The van der Waals surface area contributed by atoms with Crippen LogP contribution in [-0.4, -0.2) is 51.8 Å². The van der Waals surface area contributed by atoms with Gasteiger partial charge in [-0.15, -0.1) is 4.40 Å². The Morgan fingerprint density at radius 3 is 2.78 bits per heavy atom. The molecular formula is C18H26ClN5O2S. The largest absolute Gasteiger partial charge is 0.354 e. The molecular weight excluding hydrogens is 386 g/mol. The maximum atomic E-state index is 12.8. The molecule has 27 heavy (non-hydrogen) atoms. The van der Waals surface area contributed by atoms with Crippen LogP contribution in [-0.2, 0) is 10.0 Å². The van der Waals surface area contributed by atoms with Gasteiger partial charge in [0.05, 0.1) is 11.6 Å². The Morgan fingerprint density at radius 2 is 2.11 bits per heavy atom. The second-order valence-corrected chi connectivity index (χ2v) is 8.89. The van der Waals surface area contributed by atoms with Crippen LogP contribution in [0.15, 0.2) is 38.7 Å². The van der Waals surface area contributed by atoms with E-state index in [1.165, 1.54) is 6.07 Å². The Morgan fingerprint density at radius 1 is 1.37 bits per heavy atom. The summed E-state index contributed by atoms with van der Waals surface area (Å²) in [4.78, 5) is 0.00283. The number of hydrogen-bond donors (Lipinski definition) is 2. The first-order chi connectivity index (χ1) is 13.0. The molecule has 0 aliphatic carbocycles. The molecule has 3 rings (SSSR count). The van der Waals surface area contributed by atoms with Crippen LogP contribution in [0.5, 0.6) is 0 Å². The quantitative estimate of drug-likeness (QED) is 0.573. The molecule has 1 saturated heterocycles. The monoisotopic (exact) mass is 411 g/mol. The van der Waals surface area contributed by atoms with E-state index in [0.29, 0.717) is 24.9 Å². The molecule has 1 unspecified atom stereocenters. The number of nitrogens with one attached hydrogen (secondary N) is 2. The molecule has 0 radical (unpaired) electrons. The number of nitrogens with zero attached hydrogens (tertiary/aromatic N) is 3. The molecule has 1 atom stereocenters. The fraction of sp³-hybridized carbons (Fsp3) is 0.556. The summed E-state index contributed by atoms with van der Waals surface area (Å²) < 4.78 is 29.7. The molecule has 0 spiro atoms. The Labute approximate surface area is 165 Å². The van der Waals surface area contributed by atoms with Crippen molar-refractivity contribution in [3.8, 4) is 0 Å². The molecule has 0 saturated carbocycles. The Balaban J connectivity index is 1.83. The van der Waals surface area contributed by atoms with Gasteiger partial charge in [0, 0.05) is 18.7 Å². The highest BCUT2D eigenvalue weighted by Gasteiger charge is 2.25. The third-order valence-corrected chi connectivity index (χ3v) is 6.69. The molecule has 2 heterocycles. The lowest BCUT2D eigenvalue weighted by Gasteiger charge is -2.25. The number of hydrogen-bond acceptors (Lipinski definition) is 4. The van der Waals surface area contributed by atoms with Crippen molar-refractivity contribution in [3.63, 3.8) is 0 Å². The predicted octanol–water partition coefficient (Wildman–Crippen LogP) is 2.30. The van der Waals surface area contributed by atoms with Crippen LogP contribution in [0.1, 0.15) is 26.2 Å². The van der Waals surface area contributed by atoms with E-state index in [-0.39, 0.29) is 15.9 Å². The standard InChI is InChI=1S/C18H26ClN5O2S/c1-2-14-12-22-24(13-14)18(21-11-15-7-9-20-10-8-15)23-27(25,26)17-6-4-3-5-16(17)19/h3-6,12,14-15,20H,2,7-11,13H2,1H3,(H,21,23). The van der Waals surface area contributed by atoms with Crippen molar-refractivity contribution >= 4 is 33.8 Å². The lowest BCUT2D eigenvalue weighted by Crippen LogP contribution is -2.42. The molecule has 1 aromatic carbocycles. The van der Waals surface area contributed by atoms with Gasteiger partial charge in [-0.25, -0.2) is 5.01 Å². The lowest BCUT2D eigenvalue weighted by molar-refractivity contribution is 0.360. The molecule has 2 N–H and O–H groups in total. The second kappa shape index (κ2) is 9.03. The summed E-state index contributed by atoms with van der Waals surface area (Å²) in [5.74, 6) is 1.03. The summed E-state index contributed by atoms with van der Waals surface area (Å²) in [5.41, 5.74) is 0. The SMILES string of the molecule is CCC1C=NN(/C(=N/S(=O)(=O)c2ccccc2Cl)NCC2CCNCC2)C1. The topological polar surface area (TPSA) is 86.2 Å². The molecule has 2 aliphatic rings. The molecule has 9 heteroatoms. The van der Waals surface area contributed by atoms with Crippen molar-refractivity contribution in [1.29, 1.82) is 0 Å². The number of hydrazone groups is 1. The number of halogens is 1. The van der Waals surface area contributed by atoms with E-state index < -0.39 is 10.0 Å². The lowest BCUT2D eigenvalue weighted by atomic mass is 9.98. The van der Waals surface area contributed by atoms with E-state index in [2.05, 4.69) is 27.1 Å². The van der Waals surface area contributed by atoms with Gasteiger partial charge in [-0.3, -0.25) is 0 Å². The van der Waals surface area contributed by atoms with Crippen molar-refractivity contribution in [2.24, 2.45) is 21.3 Å². The molecule has 0 aromatic heterocycles. The maximum absolute atomic E-state index is 12.8. The van der Waals surface area contributed by atoms with Crippen LogP contribution in [0.2, 0.25) is 5.02 Å². The van der Waals surface area contributed by atoms with Crippen molar-refractivity contribution in [1.82, 2.24) is 15.6 Å². The van der Waals surface area contributed by atoms with Gasteiger partial charge in [0.25, 0.3) is 10.0 Å². The van der Waals surface area contributed by atoms with Crippen molar-refractivity contribution in [2.45, 2.75) is 31.1 Å². The van der Waals surface area contributed by atoms with Gasteiger partial charge in [-0.1, -0.05) is 30.7 Å². The number of guanidine groups is 1. The van der Waals surface area contributed by atoms with Crippen LogP contribution < -0.4 is 10.6 Å². The average molecular weight is 412 g/mol. The van der Waals surface area contributed by atoms with Gasteiger partial charge in [-0.2, -0.15) is 13.5 Å². The molecule has 0 bridgehead atoms. The number of rotatable bonds is 5. The second-order valence-electron chi connectivity index (χ2n) is 6.91. The molecule has 0 amide bonds.